The third-order valence-corrected chi connectivity index (χ3v) is 4.50. The van der Waals surface area contributed by atoms with Gasteiger partial charge in [0.2, 0.25) is 4.96 Å². The molecule has 0 saturated heterocycles. The van der Waals surface area contributed by atoms with Crippen molar-refractivity contribution in [3.8, 4) is 11.4 Å². The largest absolute Gasteiger partial charge is 0.291 e. The number of nitrogens with zero attached hydrogens (tertiary/aromatic N) is 5. The van der Waals surface area contributed by atoms with E-state index in [4.69, 9.17) is 0 Å². The minimum absolute atomic E-state index is 0.0571. The molecule has 4 aromatic rings. The lowest BCUT2D eigenvalue weighted by Crippen LogP contribution is -2.23. The predicted molar refractivity (Wildman–Crippen MR) is 92.2 cm³/mol. The van der Waals surface area contributed by atoms with E-state index >= 15 is 0 Å². The van der Waals surface area contributed by atoms with Crippen molar-refractivity contribution in [2.45, 2.75) is 0 Å². The highest BCUT2D eigenvalue weighted by atomic mass is 32.1. The predicted octanol–water partition coefficient (Wildman–Crippen LogP) is 1.67. The van der Waals surface area contributed by atoms with Gasteiger partial charge in [-0.1, -0.05) is 23.5 Å². The number of fused-ring (bicyclic) bond motifs is 1. The lowest BCUT2D eigenvalue weighted by Gasteiger charge is -1.94. The summed E-state index contributed by atoms with van der Waals surface area (Å²) in [5, 5.41) is 15.3. The van der Waals surface area contributed by atoms with Crippen LogP contribution in [-0.4, -0.2) is 24.5 Å². The van der Waals surface area contributed by atoms with Gasteiger partial charge in [-0.25, -0.2) is 0 Å². The van der Waals surface area contributed by atoms with Crippen molar-refractivity contribution < 1.29 is 4.92 Å². The van der Waals surface area contributed by atoms with Gasteiger partial charge in [0.05, 0.1) is 15.0 Å². The summed E-state index contributed by atoms with van der Waals surface area (Å²) in [5.74, 6) is 0.433. The Kier molecular flexibility index (Phi) is 3.55. The SMILES string of the molecule is O=c1c(=Cc2ccccc2[N+](=O)[O-])sc2nc(-c3ccncc3)nn12. The van der Waals surface area contributed by atoms with Crippen LogP contribution in [0.1, 0.15) is 5.56 Å². The first kappa shape index (κ1) is 15.1. The van der Waals surface area contributed by atoms with Crippen LogP contribution in [0.4, 0.5) is 5.69 Å². The van der Waals surface area contributed by atoms with Crippen molar-refractivity contribution in [1.82, 2.24) is 19.6 Å². The van der Waals surface area contributed by atoms with E-state index in [-0.39, 0.29) is 11.2 Å². The van der Waals surface area contributed by atoms with Crippen LogP contribution in [0.5, 0.6) is 0 Å². The van der Waals surface area contributed by atoms with Crippen molar-refractivity contribution in [3.63, 3.8) is 0 Å². The van der Waals surface area contributed by atoms with E-state index in [1.54, 1.807) is 42.7 Å². The molecule has 0 spiro atoms. The highest BCUT2D eigenvalue weighted by Crippen LogP contribution is 2.19. The quantitative estimate of drug-likeness (QED) is 0.411. The van der Waals surface area contributed by atoms with E-state index in [1.807, 2.05) is 0 Å². The van der Waals surface area contributed by atoms with E-state index in [0.717, 1.165) is 16.9 Å². The van der Waals surface area contributed by atoms with Gasteiger partial charge in [-0.05, 0) is 24.3 Å². The van der Waals surface area contributed by atoms with Gasteiger partial charge >= 0.3 is 0 Å². The molecule has 0 aliphatic carbocycles. The summed E-state index contributed by atoms with van der Waals surface area (Å²) in [6.45, 7) is 0. The molecule has 0 atom stereocenters. The lowest BCUT2D eigenvalue weighted by molar-refractivity contribution is -0.385. The fourth-order valence-corrected chi connectivity index (χ4v) is 3.27. The molecule has 0 fully saturated rings. The Morgan fingerprint density at radius 2 is 1.92 bits per heavy atom. The molecular formula is C16H9N5O3S. The summed E-state index contributed by atoms with van der Waals surface area (Å²) in [7, 11) is 0. The van der Waals surface area contributed by atoms with Crippen LogP contribution < -0.4 is 10.1 Å². The van der Waals surface area contributed by atoms with Crippen molar-refractivity contribution in [1.29, 1.82) is 0 Å². The zero-order chi connectivity index (χ0) is 17.4. The third kappa shape index (κ3) is 2.66. The number of pyridine rings is 1. The molecule has 0 saturated carbocycles. The summed E-state index contributed by atoms with van der Waals surface area (Å²) in [6.07, 6.45) is 4.74. The summed E-state index contributed by atoms with van der Waals surface area (Å²) in [6, 6.07) is 9.76. The molecule has 9 heteroatoms. The van der Waals surface area contributed by atoms with Crippen molar-refractivity contribution >= 4 is 28.1 Å². The van der Waals surface area contributed by atoms with E-state index in [1.165, 1.54) is 16.7 Å². The minimum Gasteiger partial charge on any atom is -0.266 e. The maximum atomic E-state index is 12.5. The van der Waals surface area contributed by atoms with Crippen molar-refractivity contribution in [2.75, 3.05) is 0 Å². The van der Waals surface area contributed by atoms with E-state index in [2.05, 4.69) is 15.1 Å². The monoisotopic (exact) mass is 351 g/mol. The fraction of sp³-hybridized carbons (Fsp3) is 0. The Morgan fingerprint density at radius 3 is 2.64 bits per heavy atom. The number of aromatic nitrogens is 4. The Bertz CT molecular complexity index is 1200. The van der Waals surface area contributed by atoms with Crippen LogP contribution in [0.3, 0.4) is 0 Å². The molecule has 3 heterocycles. The maximum absolute atomic E-state index is 12.5. The smallest absolute Gasteiger partial charge is 0.266 e. The highest BCUT2D eigenvalue weighted by molar-refractivity contribution is 7.15. The van der Waals surface area contributed by atoms with E-state index in [0.29, 0.717) is 20.9 Å². The number of hydrogen-bond acceptors (Lipinski definition) is 7. The van der Waals surface area contributed by atoms with E-state index < -0.39 is 4.92 Å². The molecule has 0 amide bonds. The van der Waals surface area contributed by atoms with Crippen LogP contribution in [0, 0.1) is 10.1 Å². The first-order valence-corrected chi connectivity index (χ1v) is 8.00. The molecule has 122 valence electrons. The van der Waals surface area contributed by atoms with Crippen LogP contribution in [0.15, 0.2) is 53.6 Å². The second-order valence-electron chi connectivity index (χ2n) is 5.10. The summed E-state index contributed by atoms with van der Waals surface area (Å²) < 4.78 is 1.55. The Morgan fingerprint density at radius 1 is 1.16 bits per heavy atom. The number of nitro benzene ring substituents is 1. The van der Waals surface area contributed by atoms with Crippen LogP contribution in [-0.2, 0) is 0 Å². The van der Waals surface area contributed by atoms with Crippen molar-refractivity contribution in [2.24, 2.45) is 0 Å². The topological polar surface area (TPSA) is 103 Å². The first-order valence-electron chi connectivity index (χ1n) is 7.18. The number of hydrogen-bond donors (Lipinski definition) is 0. The van der Waals surface area contributed by atoms with Crippen molar-refractivity contribution in [3.05, 3.63) is 79.4 Å². The number of benzene rings is 1. The zero-order valence-corrected chi connectivity index (χ0v) is 13.4. The first-order chi connectivity index (χ1) is 12.1. The van der Waals surface area contributed by atoms with Gasteiger partial charge in [-0.15, -0.1) is 5.10 Å². The number of para-hydroxylation sites is 1. The molecule has 25 heavy (non-hydrogen) atoms. The van der Waals surface area contributed by atoms with Crippen LogP contribution >= 0.6 is 11.3 Å². The molecule has 0 N–H and O–H groups in total. The number of rotatable bonds is 3. The lowest BCUT2D eigenvalue weighted by atomic mass is 10.2. The average molecular weight is 351 g/mol. The molecule has 0 bridgehead atoms. The van der Waals surface area contributed by atoms with Crippen LogP contribution in [0.25, 0.3) is 22.4 Å². The minimum atomic E-state index is -0.477. The highest BCUT2D eigenvalue weighted by Gasteiger charge is 2.14. The molecule has 1 aromatic carbocycles. The molecular weight excluding hydrogens is 342 g/mol. The second kappa shape index (κ2) is 5.87. The molecule has 0 aliphatic heterocycles. The Balaban J connectivity index is 1.86. The fourth-order valence-electron chi connectivity index (χ4n) is 2.37. The summed E-state index contributed by atoms with van der Waals surface area (Å²) >= 11 is 1.14. The number of thiazole rings is 1. The second-order valence-corrected chi connectivity index (χ2v) is 6.11. The summed E-state index contributed by atoms with van der Waals surface area (Å²) in [5.41, 5.74) is 0.710. The molecule has 8 nitrogen and oxygen atoms in total. The molecule has 0 aliphatic rings. The summed E-state index contributed by atoms with van der Waals surface area (Å²) in [4.78, 5) is 31.9. The van der Waals surface area contributed by atoms with Gasteiger partial charge in [0, 0.05) is 24.0 Å². The van der Waals surface area contributed by atoms with Crippen LogP contribution in [0.2, 0.25) is 0 Å². The third-order valence-electron chi connectivity index (χ3n) is 3.54. The van der Waals surface area contributed by atoms with Gasteiger partial charge in [0.25, 0.3) is 11.2 Å². The Hall–Kier alpha value is -3.46. The van der Waals surface area contributed by atoms with Gasteiger partial charge in [-0.2, -0.15) is 9.50 Å². The van der Waals surface area contributed by atoms with Gasteiger partial charge in [-0.3, -0.25) is 19.9 Å². The zero-order valence-electron chi connectivity index (χ0n) is 12.6. The standard InChI is InChI=1S/C16H9N5O3S/c22-15-13(9-11-3-1-2-4-12(11)21(23)24)25-16-18-14(19-20(15)16)10-5-7-17-8-6-10/h1-9H. The van der Waals surface area contributed by atoms with Gasteiger partial charge in [0.1, 0.15) is 0 Å². The average Bonchev–Trinajstić information content (AvgIpc) is 3.16. The molecule has 0 unspecified atom stereocenters. The van der Waals surface area contributed by atoms with Gasteiger partial charge in [0.15, 0.2) is 5.82 Å². The van der Waals surface area contributed by atoms with E-state index in [9.17, 15) is 14.9 Å². The number of nitro groups is 1. The van der Waals surface area contributed by atoms with Gasteiger partial charge < -0.3 is 0 Å². The molecule has 4 rings (SSSR count). The maximum Gasteiger partial charge on any atom is 0.291 e. The normalized spacial score (nSPS) is 11.9. The molecule has 0 radical (unpaired) electrons. The molecule has 3 aromatic heterocycles. The Labute approximate surface area is 143 Å².